The van der Waals surface area contributed by atoms with Gasteiger partial charge in [-0.05, 0) is 37.3 Å². The zero-order valence-electron chi connectivity index (χ0n) is 16.0. The lowest BCUT2D eigenvalue weighted by Gasteiger charge is -2.38. The van der Waals surface area contributed by atoms with Crippen LogP contribution in [0.5, 0.6) is 0 Å². The number of hydrogen-bond donors (Lipinski definition) is 2. The number of ether oxygens (including phenoxy) is 2. The maximum Gasteiger partial charge on any atom is 0.411 e. The topological polar surface area (TPSA) is 98.8 Å². The second-order valence-corrected chi connectivity index (χ2v) is 7.21. The van der Waals surface area contributed by atoms with Crippen LogP contribution >= 0.6 is 11.6 Å². The first-order valence-electron chi connectivity index (χ1n) is 8.88. The quantitative estimate of drug-likeness (QED) is 0.664. The van der Waals surface area contributed by atoms with Gasteiger partial charge >= 0.3 is 6.18 Å². The Balaban J connectivity index is 1.93. The van der Waals surface area contributed by atoms with Crippen LogP contribution in [0.25, 0.3) is 0 Å². The first-order valence-corrected chi connectivity index (χ1v) is 9.26. The van der Waals surface area contributed by atoms with E-state index >= 15 is 0 Å². The number of amidine groups is 1. The largest absolute Gasteiger partial charge is 0.463 e. The minimum atomic E-state index is -4.61. The molecule has 1 aromatic carbocycles. The van der Waals surface area contributed by atoms with Crippen molar-refractivity contribution in [1.29, 1.82) is 0 Å². The number of amides is 1. The number of pyridine rings is 1. The molecular formula is C19H17ClF4N4O3. The number of hydrogen-bond acceptors (Lipinski definition) is 6. The minimum Gasteiger partial charge on any atom is -0.463 e. The highest BCUT2D eigenvalue weighted by Crippen LogP contribution is 2.37. The van der Waals surface area contributed by atoms with Gasteiger partial charge in [0.05, 0.1) is 5.02 Å². The molecule has 3 rings (SSSR count). The highest BCUT2D eigenvalue weighted by atomic mass is 35.5. The molecule has 1 aliphatic heterocycles. The number of aromatic nitrogens is 1. The minimum absolute atomic E-state index is 0.0547. The van der Waals surface area contributed by atoms with Crippen LogP contribution < -0.4 is 11.1 Å². The summed E-state index contributed by atoms with van der Waals surface area (Å²) >= 11 is 5.96. The number of benzene rings is 1. The zero-order valence-corrected chi connectivity index (χ0v) is 16.8. The van der Waals surface area contributed by atoms with Crippen LogP contribution in [0.4, 0.5) is 23.2 Å². The van der Waals surface area contributed by atoms with Gasteiger partial charge in [-0.1, -0.05) is 11.6 Å². The molecule has 7 nitrogen and oxygen atoms in total. The molecule has 0 radical (unpaired) electrons. The van der Waals surface area contributed by atoms with E-state index in [1.807, 2.05) is 0 Å². The van der Waals surface area contributed by atoms with Crippen molar-refractivity contribution in [1.82, 2.24) is 4.98 Å². The molecular weight excluding hydrogens is 444 g/mol. The molecule has 1 aromatic heterocycles. The van der Waals surface area contributed by atoms with E-state index in [2.05, 4.69) is 15.3 Å². The predicted octanol–water partition coefficient (Wildman–Crippen LogP) is 3.63. The van der Waals surface area contributed by atoms with Gasteiger partial charge in [0.15, 0.2) is 0 Å². The van der Waals surface area contributed by atoms with Gasteiger partial charge in [0.1, 0.15) is 36.4 Å². The monoisotopic (exact) mass is 460 g/mol. The number of halogens is 5. The summed E-state index contributed by atoms with van der Waals surface area (Å²) in [5.74, 6) is -1.44. The summed E-state index contributed by atoms with van der Waals surface area (Å²) in [6.45, 7) is -0.590. The average molecular weight is 461 g/mol. The average Bonchev–Trinajstić information content (AvgIpc) is 2.68. The first-order chi connectivity index (χ1) is 14.5. The molecule has 2 heterocycles. The Hall–Kier alpha value is -2.92. The van der Waals surface area contributed by atoms with Gasteiger partial charge in [0.25, 0.3) is 11.9 Å². The lowest BCUT2D eigenvalue weighted by atomic mass is 9.85. The van der Waals surface area contributed by atoms with Crippen molar-refractivity contribution in [2.45, 2.75) is 24.7 Å². The van der Waals surface area contributed by atoms with Crippen molar-refractivity contribution >= 4 is 29.2 Å². The Bertz CT molecular complexity index is 1020. The number of carbonyl (C=O) groups is 1. The molecule has 1 aliphatic rings. The van der Waals surface area contributed by atoms with Gasteiger partial charge in [0, 0.05) is 17.4 Å². The fraction of sp³-hybridized carbons (Fsp3) is 0.316. The van der Waals surface area contributed by atoms with Crippen molar-refractivity contribution in [3.05, 3.63) is 58.6 Å². The maximum atomic E-state index is 14.7. The second-order valence-electron chi connectivity index (χ2n) is 6.81. The van der Waals surface area contributed by atoms with Gasteiger partial charge in [-0.25, -0.2) is 14.4 Å². The lowest BCUT2D eigenvalue weighted by molar-refractivity contribution is -0.197. The van der Waals surface area contributed by atoms with Crippen molar-refractivity contribution in [2.24, 2.45) is 10.7 Å². The van der Waals surface area contributed by atoms with E-state index in [9.17, 15) is 22.4 Å². The summed E-state index contributed by atoms with van der Waals surface area (Å²) < 4.78 is 62.6. The highest BCUT2D eigenvalue weighted by molar-refractivity contribution is 6.34. The Labute approximate surface area is 179 Å². The molecule has 1 amide bonds. The van der Waals surface area contributed by atoms with E-state index in [1.165, 1.54) is 31.3 Å². The third-order valence-corrected chi connectivity index (χ3v) is 4.85. The van der Waals surface area contributed by atoms with Crippen molar-refractivity contribution in [2.75, 3.05) is 18.5 Å². The van der Waals surface area contributed by atoms with Crippen molar-refractivity contribution in [3.8, 4) is 0 Å². The first kappa shape index (κ1) is 22.8. The molecule has 0 spiro atoms. The van der Waals surface area contributed by atoms with E-state index < -0.39 is 36.2 Å². The van der Waals surface area contributed by atoms with E-state index in [1.54, 1.807) is 6.07 Å². The predicted molar refractivity (Wildman–Crippen MR) is 104 cm³/mol. The van der Waals surface area contributed by atoms with Gasteiger partial charge in [-0.15, -0.1) is 0 Å². The molecule has 2 aromatic rings. The molecule has 0 saturated heterocycles. The Kier molecular flexibility index (Phi) is 6.37. The van der Waals surface area contributed by atoms with Gasteiger partial charge in [-0.3, -0.25) is 4.79 Å². The number of aliphatic imine (C=N–C) groups is 1. The number of rotatable bonds is 5. The van der Waals surface area contributed by atoms with Crippen LogP contribution in [0.1, 0.15) is 23.0 Å². The standard InChI is InChI=1S/C19H17ClF4N4O3/c1-18(14(8-30-17(25)28-18)31-9-19(22,23)24)11-7-10(4-5-13(11)21)27-16(29)15-12(20)3-2-6-26-15/h2-7,14H,8-9H2,1H3,(H2,25,28)(H,27,29)/t14-,18+/m0/s1. The number of alkyl halides is 3. The molecule has 0 aliphatic carbocycles. The van der Waals surface area contributed by atoms with Crippen LogP contribution in [0.3, 0.4) is 0 Å². The number of anilines is 1. The van der Waals surface area contributed by atoms with E-state index in [-0.39, 0.29) is 34.6 Å². The van der Waals surface area contributed by atoms with E-state index in [4.69, 9.17) is 26.8 Å². The molecule has 0 unspecified atom stereocenters. The Morgan fingerprint density at radius 2 is 2.16 bits per heavy atom. The summed E-state index contributed by atoms with van der Waals surface area (Å²) in [6, 6.07) is 6.24. The maximum absolute atomic E-state index is 14.7. The van der Waals surface area contributed by atoms with Crippen LogP contribution in [0, 0.1) is 5.82 Å². The Morgan fingerprint density at radius 1 is 1.42 bits per heavy atom. The van der Waals surface area contributed by atoms with Crippen LogP contribution in [0.2, 0.25) is 5.02 Å². The van der Waals surface area contributed by atoms with Crippen molar-refractivity contribution < 1.29 is 31.8 Å². The molecule has 166 valence electrons. The lowest BCUT2D eigenvalue weighted by Crippen LogP contribution is -2.48. The Morgan fingerprint density at radius 3 is 2.84 bits per heavy atom. The summed E-state index contributed by atoms with van der Waals surface area (Å²) in [6.07, 6.45) is -4.53. The highest BCUT2D eigenvalue weighted by Gasteiger charge is 2.44. The molecule has 3 N–H and O–H groups in total. The molecule has 0 fully saturated rings. The van der Waals surface area contributed by atoms with Crippen LogP contribution in [-0.4, -0.2) is 42.4 Å². The second kappa shape index (κ2) is 8.67. The molecule has 0 saturated carbocycles. The summed E-state index contributed by atoms with van der Waals surface area (Å²) in [5.41, 5.74) is 3.88. The van der Waals surface area contributed by atoms with E-state index in [0.29, 0.717) is 0 Å². The molecule has 2 atom stereocenters. The third-order valence-electron chi connectivity index (χ3n) is 4.54. The zero-order chi connectivity index (χ0) is 22.8. The number of nitrogens with one attached hydrogen (secondary N) is 1. The smallest absolute Gasteiger partial charge is 0.411 e. The number of carbonyl (C=O) groups excluding carboxylic acids is 1. The fourth-order valence-electron chi connectivity index (χ4n) is 3.03. The van der Waals surface area contributed by atoms with Crippen LogP contribution in [0.15, 0.2) is 41.5 Å². The summed E-state index contributed by atoms with van der Waals surface area (Å²) in [4.78, 5) is 20.3. The molecule has 12 heteroatoms. The number of nitrogens with two attached hydrogens (primary N) is 1. The van der Waals surface area contributed by atoms with Crippen molar-refractivity contribution in [3.63, 3.8) is 0 Å². The van der Waals surface area contributed by atoms with Gasteiger partial charge in [0.2, 0.25) is 0 Å². The van der Waals surface area contributed by atoms with Crippen LogP contribution in [-0.2, 0) is 15.0 Å². The molecule has 0 bridgehead atoms. The molecule has 31 heavy (non-hydrogen) atoms. The SMILES string of the molecule is C[C@]1(c2cc(NC(=O)c3ncccc3Cl)ccc2F)N=C(N)OC[C@@H]1OCC(F)(F)F. The normalized spacial score (nSPS) is 21.2. The fourth-order valence-corrected chi connectivity index (χ4v) is 3.24. The number of nitrogens with zero attached hydrogens (tertiary/aromatic N) is 2. The summed E-state index contributed by atoms with van der Waals surface area (Å²) in [7, 11) is 0. The van der Waals surface area contributed by atoms with E-state index in [0.717, 1.165) is 6.07 Å². The van der Waals surface area contributed by atoms with Gasteiger partial charge in [-0.2, -0.15) is 13.2 Å². The third kappa shape index (κ3) is 5.23. The van der Waals surface area contributed by atoms with Gasteiger partial charge < -0.3 is 20.5 Å². The summed E-state index contributed by atoms with van der Waals surface area (Å²) in [5, 5.41) is 2.63.